The predicted molar refractivity (Wildman–Crippen MR) is 73.5 cm³/mol. The van der Waals surface area contributed by atoms with Crippen molar-refractivity contribution >= 4 is 29.2 Å². The molecule has 0 aliphatic carbocycles. The average Bonchev–Trinajstić information content (AvgIpc) is 2.38. The van der Waals surface area contributed by atoms with Crippen molar-refractivity contribution in [1.29, 1.82) is 0 Å². The highest BCUT2D eigenvalue weighted by atomic mass is 32.1. The van der Waals surface area contributed by atoms with Crippen molar-refractivity contribution in [1.82, 2.24) is 10.7 Å². The third kappa shape index (κ3) is 4.21. The van der Waals surface area contributed by atoms with E-state index in [4.69, 9.17) is 12.2 Å². The molecule has 9 heteroatoms. The lowest BCUT2D eigenvalue weighted by molar-refractivity contribution is -0.398. The Hall–Kier alpha value is -2.68. The molecule has 1 aromatic carbocycles. The number of hydrogen-bond acceptors (Lipinski definition) is 6. The number of nitro benzene ring substituents is 1. The topological polar surface area (TPSA) is 126 Å². The van der Waals surface area contributed by atoms with Crippen LogP contribution in [0.25, 0.3) is 0 Å². The summed E-state index contributed by atoms with van der Waals surface area (Å²) in [6.45, 7) is 3.92. The molecule has 0 spiro atoms. The molecular weight excluding hydrogens is 284 g/mol. The first-order chi connectivity index (χ1) is 9.45. The van der Waals surface area contributed by atoms with Crippen LogP contribution < -0.4 is 21.0 Å². The minimum atomic E-state index is -0.937. The van der Waals surface area contributed by atoms with E-state index in [2.05, 4.69) is 22.4 Å². The Kier molecular flexibility index (Phi) is 5.42. The van der Waals surface area contributed by atoms with Gasteiger partial charge in [-0.25, -0.2) is 0 Å². The van der Waals surface area contributed by atoms with Gasteiger partial charge in [0, 0.05) is 12.6 Å². The van der Waals surface area contributed by atoms with Gasteiger partial charge in [-0.1, -0.05) is 12.1 Å². The summed E-state index contributed by atoms with van der Waals surface area (Å²) < 4.78 is 0. The normalized spacial score (nSPS) is 10.2. The van der Waals surface area contributed by atoms with E-state index in [1.54, 1.807) is 6.08 Å². The van der Waals surface area contributed by atoms with Gasteiger partial charge in [-0.05, 0) is 23.5 Å². The molecule has 0 heterocycles. The molecule has 0 aromatic heterocycles. The van der Waals surface area contributed by atoms with Crippen LogP contribution in [0.3, 0.4) is 0 Å². The first-order valence-electron chi connectivity index (χ1n) is 5.30. The molecule has 8 nitrogen and oxygen atoms in total. The standard InChI is InChI=1S/C11H12N4O4S/c1-2-3-12-11(20)14-13-6-7-4-8(15(18)19)10(17)5-9(7)16/h2,4-6,16-17H,1,3H2,(H2,12,14,20)/p-2/b13-6+. The number of hydrogen-bond donors (Lipinski definition) is 2. The van der Waals surface area contributed by atoms with Gasteiger partial charge in [-0.3, -0.25) is 15.5 Å². The molecule has 0 radical (unpaired) electrons. The summed E-state index contributed by atoms with van der Waals surface area (Å²) in [6, 6.07) is 1.52. The maximum atomic E-state index is 11.5. The maximum absolute atomic E-state index is 11.5. The smallest absolute Gasteiger partial charge is 0.262 e. The van der Waals surface area contributed by atoms with Crippen LogP contribution in [-0.2, 0) is 0 Å². The molecule has 2 N–H and O–H groups in total. The van der Waals surface area contributed by atoms with Gasteiger partial charge in [0.05, 0.1) is 11.1 Å². The molecule has 0 aliphatic heterocycles. The Morgan fingerprint density at radius 1 is 1.45 bits per heavy atom. The fourth-order valence-corrected chi connectivity index (χ4v) is 1.31. The minimum Gasteiger partial charge on any atom is -0.872 e. The molecule has 0 aliphatic rings. The number of nitro groups is 1. The summed E-state index contributed by atoms with van der Waals surface area (Å²) >= 11 is 4.84. The summed E-state index contributed by atoms with van der Waals surface area (Å²) in [7, 11) is 0. The van der Waals surface area contributed by atoms with Gasteiger partial charge in [0.1, 0.15) is 0 Å². The molecule has 0 unspecified atom stereocenters. The van der Waals surface area contributed by atoms with Gasteiger partial charge in [-0.2, -0.15) is 5.10 Å². The summed E-state index contributed by atoms with van der Waals surface area (Å²) in [5.74, 6) is -1.59. The fourth-order valence-electron chi connectivity index (χ4n) is 1.17. The van der Waals surface area contributed by atoms with Crippen molar-refractivity contribution in [2.24, 2.45) is 5.10 Å². The number of thiocarbonyl (C=S) groups is 1. The second-order valence-electron chi connectivity index (χ2n) is 3.48. The van der Waals surface area contributed by atoms with Crippen LogP contribution in [0.15, 0.2) is 29.9 Å². The van der Waals surface area contributed by atoms with E-state index in [9.17, 15) is 20.3 Å². The number of hydrazone groups is 1. The highest BCUT2D eigenvalue weighted by Gasteiger charge is 2.08. The van der Waals surface area contributed by atoms with Crippen molar-refractivity contribution in [3.8, 4) is 11.5 Å². The summed E-state index contributed by atoms with van der Waals surface area (Å²) in [6.07, 6.45) is 2.64. The van der Waals surface area contributed by atoms with Gasteiger partial charge < -0.3 is 15.5 Å². The van der Waals surface area contributed by atoms with E-state index >= 15 is 0 Å². The lowest BCUT2D eigenvalue weighted by Gasteiger charge is -2.15. The highest BCUT2D eigenvalue weighted by molar-refractivity contribution is 7.80. The maximum Gasteiger partial charge on any atom is 0.262 e. The molecule has 0 atom stereocenters. The monoisotopic (exact) mass is 294 g/mol. The van der Waals surface area contributed by atoms with Crippen LogP contribution in [0.2, 0.25) is 0 Å². The molecule has 0 amide bonds. The van der Waals surface area contributed by atoms with Crippen LogP contribution >= 0.6 is 12.2 Å². The molecule has 1 rings (SSSR count). The molecule has 0 fully saturated rings. The predicted octanol–water partition coefficient (Wildman–Crippen LogP) is -0.274. The van der Waals surface area contributed by atoms with Gasteiger partial charge in [0.15, 0.2) is 5.11 Å². The largest absolute Gasteiger partial charge is 0.872 e. The van der Waals surface area contributed by atoms with E-state index in [-0.39, 0.29) is 10.7 Å². The Balaban J connectivity index is 2.81. The Labute approximate surface area is 119 Å². The summed E-state index contributed by atoms with van der Waals surface area (Å²) in [4.78, 5) is 9.73. The summed E-state index contributed by atoms with van der Waals surface area (Å²) in [5.41, 5.74) is 1.64. The molecule has 0 saturated carbocycles. The van der Waals surface area contributed by atoms with E-state index < -0.39 is 22.1 Å². The van der Waals surface area contributed by atoms with Crippen molar-refractivity contribution in [3.05, 3.63) is 40.5 Å². The fraction of sp³-hybridized carbons (Fsp3) is 0.0909. The van der Waals surface area contributed by atoms with Gasteiger partial charge in [0.25, 0.3) is 5.69 Å². The van der Waals surface area contributed by atoms with Crippen LogP contribution in [0.1, 0.15) is 5.56 Å². The number of nitrogens with zero attached hydrogens (tertiary/aromatic N) is 2. The second-order valence-corrected chi connectivity index (χ2v) is 3.89. The molecule has 106 valence electrons. The Morgan fingerprint density at radius 3 is 2.75 bits per heavy atom. The lowest BCUT2D eigenvalue weighted by Crippen LogP contribution is -2.31. The number of rotatable bonds is 5. The third-order valence-corrected chi connectivity index (χ3v) is 2.30. The zero-order valence-electron chi connectivity index (χ0n) is 10.2. The van der Waals surface area contributed by atoms with Crippen molar-refractivity contribution in [2.75, 3.05) is 6.54 Å². The van der Waals surface area contributed by atoms with Crippen molar-refractivity contribution in [3.63, 3.8) is 0 Å². The second kappa shape index (κ2) is 7.04. The van der Waals surface area contributed by atoms with Crippen LogP contribution in [0, 0.1) is 10.1 Å². The zero-order chi connectivity index (χ0) is 15.1. The number of benzene rings is 1. The first kappa shape index (κ1) is 15.4. The van der Waals surface area contributed by atoms with E-state index in [0.29, 0.717) is 12.6 Å². The number of nitrogens with one attached hydrogen (secondary N) is 2. The van der Waals surface area contributed by atoms with E-state index in [0.717, 1.165) is 12.3 Å². The highest BCUT2D eigenvalue weighted by Crippen LogP contribution is 2.28. The molecule has 20 heavy (non-hydrogen) atoms. The molecule has 1 aromatic rings. The third-order valence-electron chi connectivity index (χ3n) is 2.06. The van der Waals surface area contributed by atoms with Gasteiger partial charge in [-0.15, -0.1) is 12.3 Å². The first-order valence-corrected chi connectivity index (χ1v) is 5.70. The average molecular weight is 294 g/mol. The minimum absolute atomic E-state index is 0.0877. The Morgan fingerprint density at radius 2 is 2.15 bits per heavy atom. The van der Waals surface area contributed by atoms with Gasteiger partial charge in [0.2, 0.25) is 0 Å². The Bertz CT molecular complexity index is 574. The van der Waals surface area contributed by atoms with Crippen LogP contribution in [0.5, 0.6) is 11.5 Å². The zero-order valence-corrected chi connectivity index (χ0v) is 11.0. The molecule has 0 saturated heterocycles. The molecule has 0 bridgehead atoms. The van der Waals surface area contributed by atoms with Crippen LogP contribution in [-0.4, -0.2) is 22.8 Å². The van der Waals surface area contributed by atoms with E-state index in [1.165, 1.54) is 0 Å². The van der Waals surface area contributed by atoms with Crippen molar-refractivity contribution in [2.45, 2.75) is 0 Å². The molecular formula is C11H10N4O4S-2. The van der Waals surface area contributed by atoms with E-state index in [1.807, 2.05) is 0 Å². The quantitative estimate of drug-likeness (QED) is 0.251. The van der Waals surface area contributed by atoms with Gasteiger partial charge >= 0.3 is 0 Å². The van der Waals surface area contributed by atoms with Crippen LogP contribution in [0.4, 0.5) is 5.69 Å². The SMILES string of the molecule is C=CCNC(=S)N/N=C/c1cc([N+](=O)[O-])c([O-])cc1[O-]. The van der Waals surface area contributed by atoms with Crippen molar-refractivity contribution < 1.29 is 15.1 Å². The lowest BCUT2D eigenvalue weighted by atomic mass is 10.2. The summed E-state index contributed by atoms with van der Waals surface area (Å²) in [5, 5.41) is 39.8.